The largest absolute Gasteiger partial charge is 0.396 e. The fourth-order valence-electron chi connectivity index (χ4n) is 4.25. The van der Waals surface area contributed by atoms with Gasteiger partial charge in [-0.2, -0.15) is 0 Å². The van der Waals surface area contributed by atoms with Gasteiger partial charge in [0.25, 0.3) is 0 Å². The van der Waals surface area contributed by atoms with Crippen molar-refractivity contribution >= 4 is 0 Å². The van der Waals surface area contributed by atoms with Crippen LogP contribution in [-0.2, 0) is 0 Å². The molecule has 0 radical (unpaired) electrons. The molecule has 1 heteroatoms. The number of aliphatic hydroxyl groups is 1. The van der Waals surface area contributed by atoms with Gasteiger partial charge in [0.15, 0.2) is 0 Å². The van der Waals surface area contributed by atoms with Crippen LogP contribution in [0.25, 0.3) is 0 Å². The quantitative estimate of drug-likeness (QED) is 0.246. The molecule has 0 saturated heterocycles. The summed E-state index contributed by atoms with van der Waals surface area (Å²) < 4.78 is 0. The van der Waals surface area contributed by atoms with E-state index in [1.54, 1.807) is 0 Å². The summed E-state index contributed by atoms with van der Waals surface area (Å²) in [6, 6.07) is 0. The molecule has 1 saturated carbocycles. The Morgan fingerprint density at radius 1 is 0.958 bits per heavy atom. The van der Waals surface area contributed by atoms with Crippen LogP contribution in [-0.4, -0.2) is 11.7 Å². The van der Waals surface area contributed by atoms with Crippen LogP contribution in [0.5, 0.6) is 0 Å². The Hall–Kier alpha value is -0.300. The molecule has 0 aliphatic heterocycles. The predicted molar refractivity (Wildman–Crippen MR) is 107 cm³/mol. The van der Waals surface area contributed by atoms with Gasteiger partial charge in [0.2, 0.25) is 0 Å². The van der Waals surface area contributed by atoms with Crippen LogP contribution in [0.2, 0.25) is 0 Å². The van der Waals surface area contributed by atoms with Crippen LogP contribution in [0, 0.1) is 17.8 Å². The summed E-state index contributed by atoms with van der Waals surface area (Å²) >= 11 is 0. The first-order chi connectivity index (χ1) is 11.8. The minimum atomic E-state index is 0.380. The lowest BCUT2D eigenvalue weighted by atomic mass is 9.89. The van der Waals surface area contributed by atoms with Crippen LogP contribution in [0.15, 0.2) is 12.2 Å². The van der Waals surface area contributed by atoms with Crippen molar-refractivity contribution in [1.82, 2.24) is 0 Å². The van der Waals surface area contributed by atoms with Gasteiger partial charge in [-0.15, -0.1) is 0 Å². The summed E-state index contributed by atoms with van der Waals surface area (Å²) in [5.41, 5.74) is 0. The highest BCUT2D eigenvalue weighted by molar-refractivity contribution is 4.94. The second-order valence-corrected chi connectivity index (χ2v) is 8.08. The van der Waals surface area contributed by atoms with E-state index in [2.05, 4.69) is 26.0 Å². The molecule has 0 spiro atoms. The minimum absolute atomic E-state index is 0.380. The average molecular weight is 337 g/mol. The molecule has 1 aliphatic carbocycles. The SMILES string of the molecule is CCCCCCC=C[C@H]1CCC[C@@H]1CCCCCC[C@@H](CC)CO. The molecule has 0 amide bonds. The molecular weight excluding hydrogens is 292 g/mol. The van der Waals surface area contributed by atoms with Gasteiger partial charge in [-0.1, -0.05) is 83.8 Å². The summed E-state index contributed by atoms with van der Waals surface area (Å²) in [7, 11) is 0. The van der Waals surface area contributed by atoms with Crippen molar-refractivity contribution in [3.8, 4) is 0 Å². The third-order valence-electron chi connectivity index (χ3n) is 6.10. The van der Waals surface area contributed by atoms with E-state index in [9.17, 15) is 5.11 Å². The van der Waals surface area contributed by atoms with Gasteiger partial charge >= 0.3 is 0 Å². The molecule has 0 unspecified atom stereocenters. The van der Waals surface area contributed by atoms with Crippen molar-refractivity contribution in [2.24, 2.45) is 17.8 Å². The smallest absolute Gasteiger partial charge is 0.0459 e. The van der Waals surface area contributed by atoms with E-state index >= 15 is 0 Å². The molecule has 0 heterocycles. The number of rotatable bonds is 15. The van der Waals surface area contributed by atoms with Crippen molar-refractivity contribution in [3.05, 3.63) is 12.2 Å². The molecule has 24 heavy (non-hydrogen) atoms. The summed E-state index contributed by atoms with van der Waals surface area (Å²) in [5, 5.41) is 9.23. The maximum atomic E-state index is 9.23. The zero-order valence-electron chi connectivity index (χ0n) is 16.6. The first-order valence-corrected chi connectivity index (χ1v) is 11.1. The average Bonchev–Trinajstić information content (AvgIpc) is 3.05. The second kappa shape index (κ2) is 15.0. The lowest BCUT2D eigenvalue weighted by Crippen LogP contribution is -2.05. The highest BCUT2D eigenvalue weighted by atomic mass is 16.3. The fourth-order valence-corrected chi connectivity index (χ4v) is 4.25. The number of hydrogen-bond donors (Lipinski definition) is 1. The van der Waals surface area contributed by atoms with E-state index in [1.165, 1.54) is 89.9 Å². The zero-order chi connectivity index (χ0) is 17.5. The van der Waals surface area contributed by atoms with Gasteiger partial charge in [0.1, 0.15) is 0 Å². The lowest BCUT2D eigenvalue weighted by molar-refractivity contribution is 0.211. The second-order valence-electron chi connectivity index (χ2n) is 8.08. The Kier molecular flexibility index (Phi) is 13.6. The first kappa shape index (κ1) is 21.7. The highest BCUT2D eigenvalue weighted by Gasteiger charge is 2.24. The number of hydrogen-bond acceptors (Lipinski definition) is 1. The van der Waals surface area contributed by atoms with Crippen LogP contribution < -0.4 is 0 Å². The van der Waals surface area contributed by atoms with Crippen molar-refractivity contribution in [2.75, 3.05) is 6.61 Å². The molecule has 1 fully saturated rings. The maximum absolute atomic E-state index is 9.23. The van der Waals surface area contributed by atoms with Crippen molar-refractivity contribution in [2.45, 2.75) is 110 Å². The Morgan fingerprint density at radius 3 is 2.50 bits per heavy atom. The molecule has 0 aromatic rings. The third kappa shape index (κ3) is 9.87. The van der Waals surface area contributed by atoms with Gasteiger partial charge in [-0.25, -0.2) is 0 Å². The molecular formula is C23H44O. The molecule has 1 rings (SSSR count). The molecule has 0 aromatic heterocycles. The van der Waals surface area contributed by atoms with Crippen molar-refractivity contribution in [1.29, 1.82) is 0 Å². The Morgan fingerprint density at radius 2 is 1.75 bits per heavy atom. The summed E-state index contributed by atoms with van der Waals surface area (Å²) in [6.07, 6.45) is 25.5. The van der Waals surface area contributed by atoms with Gasteiger partial charge in [-0.3, -0.25) is 0 Å². The van der Waals surface area contributed by atoms with Gasteiger partial charge in [0.05, 0.1) is 0 Å². The third-order valence-corrected chi connectivity index (χ3v) is 6.10. The number of allylic oxidation sites excluding steroid dienone is 2. The van der Waals surface area contributed by atoms with E-state index in [-0.39, 0.29) is 0 Å². The summed E-state index contributed by atoms with van der Waals surface area (Å²) in [5.74, 6) is 2.40. The lowest BCUT2D eigenvalue weighted by Gasteiger charge is -2.16. The zero-order valence-corrected chi connectivity index (χ0v) is 16.6. The van der Waals surface area contributed by atoms with E-state index < -0.39 is 0 Å². The first-order valence-electron chi connectivity index (χ1n) is 11.1. The van der Waals surface area contributed by atoms with Gasteiger partial charge in [-0.05, 0) is 56.3 Å². The fraction of sp³-hybridized carbons (Fsp3) is 0.913. The summed E-state index contributed by atoms with van der Waals surface area (Å²) in [4.78, 5) is 0. The molecule has 3 atom stereocenters. The minimum Gasteiger partial charge on any atom is -0.396 e. The van der Waals surface area contributed by atoms with Gasteiger partial charge < -0.3 is 5.11 Å². The monoisotopic (exact) mass is 336 g/mol. The van der Waals surface area contributed by atoms with E-state index in [4.69, 9.17) is 0 Å². The van der Waals surface area contributed by atoms with Gasteiger partial charge in [0, 0.05) is 6.61 Å². The Bertz CT molecular complexity index is 292. The number of aliphatic hydroxyl groups excluding tert-OH is 1. The number of unbranched alkanes of at least 4 members (excludes halogenated alkanes) is 7. The summed E-state index contributed by atoms with van der Waals surface area (Å²) in [6.45, 7) is 4.86. The molecule has 0 aromatic carbocycles. The normalized spacial score (nSPS) is 22.5. The standard InChI is InChI=1S/C23H44O/c1-3-5-6-7-8-12-16-22-18-14-19-23(22)17-13-10-9-11-15-21(4-2)20-24/h12,16,21-24H,3-11,13-15,17-20H2,1-2H3/t21-,22+,23+/m1/s1. The predicted octanol–water partition coefficient (Wildman–Crippen LogP) is 7.29. The topological polar surface area (TPSA) is 20.2 Å². The van der Waals surface area contributed by atoms with E-state index in [0.29, 0.717) is 12.5 Å². The van der Waals surface area contributed by atoms with Crippen LogP contribution in [0.4, 0.5) is 0 Å². The van der Waals surface area contributed by atoms with Crippen LogP contribution >= 0.6 is 0 Å². The maximum Gasteiger partial charge on any atom is 0.0459 e. The Balaban J connectivity index is 2.06. The van der Waals surface area contributed by atoms with Crippen molar-refractivity contribution < 1.29 is 5.11 Å². The molecule has 142 valence electrons. The van der Waals surface area contributed by atoms with Crippen molar-refractivity contribution in [3.63, 3.8) is 0 Å². The van der Waals surface area contributed by atoms with Crippen LogP contribution in [0.3, 0.4) is 0 Å². The van der Waals surface area contributed by atoms with Crippen LogP contribution in [0.1, 0.15) is 110 Å². The van der Waals surface area contributed by atoms with E-state index in [0.717, 1.165) is 18.3 Å². The highest BCUT2D eigenvalue weighted by Crippen LogP contribution is 2.36. The van der Waals surface area contributed by atoms with E-state index in [1.807, 2.05) is 0 Å². The molecule has 1 aliphatic rings. The molecule has 1 nitrogen and oxygen atoms in total. The molecule has 1 N–H and O–H groups in total. The molecule has 0 bridgehead atoms. The Labute approximate surface area is 152 Å².